The maximum Gasteiger partial charge on any atom is 0.250 e. The standard InChI is InChI=1S/C24H32O5Si/c1-24(2,3)30(8,9)29-19-12-15-10-11-16-13-20(26-5)22(27-6)23(28-7)21(16)17(15)14-18(19)25-4/h10-14H,1-9H3. The topological polar surface area (TPSA) is 46.2 Å². The Labute approximate surface area is 180 Å². The molecule has 0 N–H and O–H groups in total. The first-order valence-corrected chi connectivity index (χ1v) is 12.9. The molecule has 0 saturated heterocycles. The molecule has 30 heavy (non-hydrogen) atoms. The third-order valence-electron chi connectivity index (χ3n) is 6.08. The SMILES string of the molecule is COc1cc2c(ccc3cc(OC)c(OC)c(OC)c32)cc1O[Si](C)(C)C(C)(C)C. The third-order valence-corrected chi connectivity index (χ3v) is 10.4. The van der Waals surface area contributed by atoms with Gasteiger partial charge >= 0.3 is 0 Å². The van der Waals surface area contributed by atoms with Gasteiger partial charge in [0.15, 0.2) is 17.2 Å². The molecule has 0 aromatic heterocycles. The lowest BCUT2D eigenvalue weighted by Crippen LogP contribution is -2.43. The molecule has 0 aliphatic heterocycles. The highest BCUT2D eigenvalue weighted by Gasteiger charge is 2.39. The van der Waals surface area contributed by atoms with E-state index in [1.807, 2.05) is 12.1 Å². The van der Waals surface area contributed by atoms with Crippen LogP contribution >= 0.6 is 0 Å². The number of methoxy groups -OCH3 is 4. The number of benzene rings is 3. The van der Waals surface area contributed by atoms with Crippen LogP contribution in [0.15, 0.2) is 30.3 Å². The van der Waals surface area contributed by atoms with E-state index in [2.05, 4.69) is 52.1 Å². The van der Waals surface area contributed by atoms with Crippen molar-refractivity contribution in [3.05, 3.63) is 30.3 Å². The maximum atomic E-state index is 6.58. The zero-order chi connectivity index (χ0) is 22.3. The fourth-order valence-electron chi connectivity index (χ4n) is 3.36. The molecule has 3 rings (SSSR count). The second-order valence-electron chi connectivity index (χ2n) is 8.90. The molecule has 0 radical (unpaired) electrons. The highest BCUT2D eigenvalue weighted by atomic mass is 28.4. The van der Waals surface area contributed by atoms with Crippen LogP contribution < -0.4 is 23.4 Å². The monoisotopic (exact) mass is 428 g/mol. The van der Waals surface area contributed by atoms with Crippen molar-refractivity contribution in [2.24, 2.45) is 0 Å². The number of hydrogen-bond acceptors (Lipinski definition) is 5. The molecular weight excluding hydrogens is 396 g/mol. The molecule has 0 aliphatic carbocycles. The van der Waals surface area contributed by atoms with E-state index in [0.29, 0.717) is 23.0 Å². The molecule has 6 heteroatoms. The van der Waals surface area contributed by atoms with Gasteiger partial charge in [0, 0.05) is 5.39 Å². The van der Waals surface area contributed by atoms with Gasteiger partial charge in [0.1, 0.15) is 5.75 Å². The van der Waals surface area contributed by atoms with Crippen molar-refractivity contribution in [3.63, 3.8) is 0 Å². The Bertz CT molecular complexity index is 1080. The van der Waals surface area contributed by atoms with Crippen molar-refractivity contribution in [3.8, 4) is 28.7 Å². The Balaban J connectivity index is 2.32. The number of rotatable bonds is 6. The van der Waals surface area contributed by atoms with Gasteiger partial charge < -0.3 is 23.4 Å². The van der Waals surface area contributed by atoms with Crippen LogP contribution in [-0.4, -0.2) is 36.8 Å². The first-order valence-electron chi connectivity index (χ1n) is 10.0. The minimum Gasteiger partial charge on any atom is -0.541 e. The molecule has 0 bridgehead atoms. The van der Waals surface area contributed by atoms with Crippen LogP contribution in [0, 0.1) is 0 Å². The zero-order valence-corrected chi connectivity index (χ0v) is 20.4. The summed E-state index contributed by atoms with van der Waals surface area (Å²) in [6.07, 6.45) is 0. The van der Waals surface area contributed by atoms with Crippen molar-refractivity contribution in [2.75, 3.05) is 28.4 Å². The molecule has 0 aliphatic rings. The second-order valence-corrected chi connectivity index (χ2v) is 13.6. The predicted molar refractivity (Wildman–Crippen MR) is 125 cm³/mol. The van der Waals surface area contributed by atoms with Gasteiger partial charge in [0.05, 0.1) is 28.4 Å². The highest BCUT2D eigenvalue weighted by molar-refractivity contribution is 6.74. The van der Waals surface area contributed by atoms with Crippen LogP contribution in [0.25, 0.3) is 21.5 Å². The van der Waals surface area contributed by atoms with Crippen molar-refractivity contribution >= 4 is 29.9 Å². The summed E-state index contributed by atoms with van der Waals surface area (Å²) in [4.78, 5) is 0. The quantitative estimate of drug-likeness (QED) is 0.335. The van der Waals surface area contributed by atoms with Gasteiger partial charge in [0.2, 0.25) is 5.75 Å². The maximum absolute atomic E-state index is 6.58. The Morgan fingerprint density at radius 3 is 1.77 bits per heavy atom. The summed E-state index contributed by atoms with van der Waals surface area (Å²) in [6.45, 7) is 11.1. The van der Waals surface area contributed by atoms with Crippen LogP contribution in [0.2, 0.25) is 18.1 Å². The van der Waals surface area contributed by atoms with Gasteiger partial charge in [-0.2, -0.15) is 0 Å². The first-order chi connectivity index (χ1) is 14.1. The zero-order valence-electron chi connectivity index (χ0n) is 19.4. The van der Waals surface area contributed by atoms with Crippen molar-refractivity contribution < 1.29 is 23.4 Å². The summed E-state index contributed by atoms with van der Waals surface area (Å²) in [6, 6.07) is 10.2. The lowest BCUT2D eigenvalue weighted by atomic mass is 9.99. The minimum atomic E-state index is -2.02. The molecule has 0 amide bonds. The van der Waals surface area contributed by atoms with Gasteiger partial charge in [-0.3, -0.25) is 0 Å². The summed E-state index contributed by atoms with van der Waals surface area (Å²) in [5.74, 6) is 3.32. The Morgan fingerprint density at radius 1 is 0.667 bits per heavy atom. The molecular formula is C24H32O5Si. The summed E-state index contributed by atoms with van der Waals surface area (Å²) >= 11 is 0. The van der Waals surface area contributed by atoms with E-state index >= 15 is 0 Å². The molecule has 0 heterocycles. The number of ether oxygens (including phenoxy) is 4. The molecule has 3 aromatic carbocycles. The summed E-state index contributed by atoms with van der Waals surface area (Å²) < 4.78 is 29.2. The fraction of sp³-hybridized carbons (Fsp3) is 0.417. The van der Waals surface area contributed by atoms with Crippen LogP contribution in [0.5, 0.6) is 28.7 Å². The molecule has 0 fully saturated rings. The van der Waals surface area contributed by atoms with E-state index in [4.69, 9.17) is 23.4 Å². The molecule has 0 unspecified atom stereocenters. The molecule has 0 saturated carbocycles. The van der Waals surface area contributed by atoms with E-state index in [1.54, 1.807) is 28.4 Å². The van der Waals surface area contributed by atoms with Crippen LogP contribution in [0.3, 0.4) is 0 Å². The highest BCUT2D eigenvalue weighted by Crippen LogP contribution is 2.48. The first kappa shape index (κ1) is 22.1. The lowest BCUT2D eigenvalue weighted by Gasteiger charge is -2.36. The van der Waals surface area contributed by atoms with Gasteiger partial charge in [0.25, 0.3) is 8.32 Å². The second kappa shape index (κ2) is 7.91. The lowest BCUT2D eigenvalue weighted by molar-refractivity contribution is 0.327. The molecule has 162 valence electrons. The van der Waals surface area contributed by atoms with Crippen LogP contribution in [-0.2, 0) is 0 Å². The van der Waals surface area contributed by atoms with Gasteiger partial charge in [-0.05, 0) is 52.5 Å². The fourth-order valence-corrected chi connectivity index (χ4v) is 4.38. The van der Waals surface area contributed by atoms with Gasteiger partial charge in [-0.25, -0.2) is 0 Å². The average Bonchev–Trinajstić information content (AvgIpc) is 2.70. The number of fused-ring (bicyclic) bond motifs is 3. The van der Waals surface area contributed by atoms with E-state index in [9.17, 15) is 0 Å². The van der Waals surface area contributed by atoms with Gasteiger partial charge in [-0.1, -0.05) is 32.9 Å². The third kappa shape index (κ3) is 3.65. The molecule has 0 spiro atoms. The molecule has 5 nitrogen and oxygen atoms in total. The van der Waals surface area contributed by atoms with Gasteiger partial charge in [-0.15, -0.1) is 0 Å². The smallest absolute Gasteiger partial charge is 0.250 e. The van der Waals surface area contributed by atoms with E-state index < -0.39 is 8.32 Å². The van der Waals surface area contributed by atoms with E-state index in [-0.39, 0.29) is 5.04 Å². The van der Waals surface area contributed by atoms with Crippen molar-refractivity contribution in [2.45, 2.75) is 38.9 Å². The van der Waals surface area contributed by atoms with E-state index in [0.717, 1.165) is 27.3 Å². The largest absolute Gasteiger partial charge is 0.541 e. The minimum absolute atomic E-state index is 0.0868. The van der Waals surface area contributed by atoms with Crippen LogP contribution in [0.4, 0.5) is 0 Å². The molecule has 3 aromatic rings. The van der Waals surface area contributed by atoms with Crippen LogP contribution in [0.1, 0.15) is 20.8 Å². The molecule has 0 atom stereocenters. The Morgan fingerprint density at radius 2 is 1.23 bits per heavy atom. The summed E-state index contributed by atoms with van der Waals surface area (Å²) in [5, 5.41) is 4.08. The summed E-state index contributed by atoms with van der Waals surface area (Å²) in [7, 11) is 4.53. The predicted octanol–water partition coefficient (Wildman–Crippen LogP) is 6.41. The Kier molecular flexibility index (Phi) is 5.82. The normalized spacial score (nSPS) is 12.2. The average molecular weight is 429 g/mol. The Hall–Kier alpha value is -2.60. The van der Waals surface area contributed by atoms with Crippen molar-refractivity contribution in [1.29, 1.82) is 0 Å². The van der Waals surface area contributed by atoms with E-state index in [1.165, 1.54) is 0 Å². The summed E-state index contributed by atoms with van der Waals surface area (Å²) in [5.41, 5.74) is 0. The van der Waals surface area contributed by atoms with Crippen molar-refractivity contribution in [1.82, 2.24) is 0 Å². The number of hydrogen-bond donors (Lipinski definition) is 0.